The number of ketones is 2. The molecule has 4 aromatic carbocycles. The average molecular weight is 528 g/mol. The molecule has 0 saturated carbocycles. The topological polar surface area (TPSA) is 68.4 Å². The lowest BCUT2D eigenvalue weighted by Gasteiger charge is -2.21. The fourth-order valence-electron chi connectivity index (χ4n) is 4.45. The Balaban J connectivity index is 1.25. The number of aromatic nitrogens is 1. The molecule has 0 aliphatic rings. The molecule has 40 heavy (non-hydrogen) atoms. The zero-order valence-electron chi connectivity index (χ0n) is 22.1. The Morgan fingerprint density at radius 2 is 1.45 bits per heavy atom. The molecule has 0 atom stereocenters. The number of H-pyrrole nitrogens is 1. The highest BCUT2D eigenvalue weighted by atomic mass is 16.5. The SMILES string of the molecule is COc1cc(OC(c2ccccc2)c2ccccc2)ccc1C=CC(=O)CC(=O)C=Cc1ccc2cc[nH]c2c1. The quantitative estimate of drug-likeness (QED) is 0.142. The summed E-state index contributed by atoms with van der Waals surface area (Å²) in [5, 5.41) is 1.10. The summed E-state index contributed by atoms with van der Waals surface area (Å²) in [7, 11) is 1.57. The van der Waals surface area contributed by atoms with E-state index in [-0.39, 0.29) is 24.1 Å². The Bertz CT molecular complexity index is 1630. The van der Waals surface area contributed by atoms with Gasteiger partial charge in [-0.1, -0.05) is 78.9 Å². The molecule has 5 nitrogen and oxygen atoms in total. The maximum Gasteiger partial charge on any atom is 0.163 e. The standard InChI is InChI=1S/C35H29NO4/c1-39-34-24-32(40-35(28-8-4-2-5-9-28)29-10-6-3-7-11-29)19-16-27(34)15-18-31(38)23-30(37)17-13-25-12-14-26-20-21-36-33(26)22-25/h2-22,24,35-36H,23H2,1H3. The number of ether oxygens (including phenoxy) is 2. The molecule has 198 valence electrons. The molecule has 0 radical (unpaired) electrons. The maximum absolute atomic E-state index is 12.5. The first-order valence-corrected chi connectivity index (χ1v) is 13.0. The highest BCUT2D eigenvalue weighted by Crippen LogP contribution is 2.32. The number of nitrogens with one attached hydrogen (secondary N) is 1. The van der Waals surface area contributed by atoms with E-state index in [1.807, 2.05) is 103 Å². The van der Waals surface area contributed by atoms with E-state index in [4.69, 9.17) is 9.47 Å². The van der Waals surface area contributed by atoms with Gasteiger partial charge in [-0.2, -0.15) is 0 Å². The van der Waals surface area contributed by atoms with Crippen LogP contribution in [0.1, 0.15) is 34.8 Å². The number of allylic oxidation sites excluding steroid dienone is 2. The number of carbonyl (C=O) groups is 2. The number of aromatic amines is 1. The second-order valence-electron chi connectivity index (χ2n) is 9.32. The van der Waals surface area contributed by atoms with Crippen LogP contribution in [0.4, 0.5) is 0 Å². The van der Waals surface area contributed by atoms with E-state index >= 15 is 0 Å². The van der Waals surface area contributed by atoms with Crippen molar-refractivity contribution in [3.05, 3.63) is 144 Å². The smallest absolute Gasteiger partial charge is 0.163 e. The number of carbonyl (C=O) groups excluding carboxylic acids is 2. The van der Waals surface area contributed by atoms with Gasteiger partial charge in [0.15, 0.2) is 11.6 Å². The summed E-state index contributed by atoms with van der Waals surface area (Å²) in [5.74, 6) is 0.651. The molecular formula is C35H29NO4. The molecule has 1 heterocycles. The Morgan fingerprint density at radius 1 is 0.775 bits per heavy atom. The van der Waals surface area contributed by atoms with E-state index in [2.05, 4.69) is 4.98 Å². The minimum Gasteiger partial charge on any atom is -0.496 e. The highest BCUT2D eigenvalue weighted by molar-refractivity contribution is 6.11. The summed E-state index contributed by atoms with van der Waals surface area (Å²) >= 11 is 0. The minimum absolute atomic E-state index is 0.211. The number of hydrogen-bond donors (Lipinski definition) is 1. The first-order chi connectivity index (χ1) is 19.6. The van der Waals surface area contributed by atoms with Crippen LogP contribution in [0.5, 0.6) is 11.5 Å². The van der Waals surface area contributed by atoms with Crippen molar-refractivity contribution in [3.8, 4) is 11.5 Å². The molecule has 5 rings (SSSR count). The molecule has 0 aliphatic heterocycles. The molecule has 0 fully saturated rings. The third-order valence-electron chi connectivity index (χ3n) is 6.50. The van der Waals surface area contributed by atoms with Crippen molar-refractivity contribution in [1.29, 1.82) is 0 Å². The lowest BCUT2D eigenvalue weighted by atomic mass is 10.0. The number of hydrogen-bond acceptors (Lipinski definition) is 4. The maximum atomic E-state index is 12.5. The van der Waals surface area contributed by atoms with Crippen LogP contribution >= 0.6 is 0 Å². The van der Waals surface area contributed by atoms with E-state index in [1.54, 1.807) is 25.3 Å². The van der Waals surface area contributed by atoms with Crippen molar-refractivity contribution < 1.29 is 19.1 Å². The first kappa shape index (κ1) is 26.4. The van der Waals surface area contributed by atoms with Crippen LogP contribution in [0.3, 0.4) is 0 Å². The van der Waals surface area contributed by atoms with Gasteiger partial charge in [-0.3, -0.25) is 9.59 Å². The molecule has 0 bridgehead atoms. The van der Waals surface area contributed by atoms with Crippen LogP contribution < -0.4 is 9.47 Å². The largest absolute Gasteiger partial charge is 0.496 e. The van der Waals surface area contributed by atoms with Crippen LogP contribution in [0.2, 0.25) is 0 Å². The summed E-state index contributed by atoms with van der Waals surface area (Å²) < 4.78 is 12.0. The van der Waals surface area contributed by atoms with Crippen molar-refractivity contribution in [3.63, 3.8) is 0 Å². The Kier molecular flexibility index (Phi) is 8.32. The van der Waals surface area contributed by atoms with Crippen LogP contribution in [0, 0.1) is 0 Å². The predicted octanol–water partition coefficient (Wildman–Crippen LogP) is 7.60. The van der Waals surface area contributed by atoms with Crippen molar-refractivity contribution >= 4 is 34.6 Å². The van der Waals surface area contributed by atoms with Crippen LogP contribution in [-0.2, 0) is 9.59 Å². The van der Waals surface area contributed by atoms with Gasteiger partial charge in [-0.25, -0.2) is 0 Å². The lowest BCUT2D eigenvalue weighted by molar-refractivity contribution is -0.121. The van der Waals surface area contributed by atoms with Crippen molar-refractivity contribution in [2.45, 2.75) is 12.5 Å². The molecule has 0 saturated heterocycles. The predicted molar refractivity (Wildman–Crippen MR) is 159 cm³/mol. The number of rotatable bonds is 11. The average Bonchev–Trinajstić information content (AvgIpc) is 3.47. The Labute approximate surface area is 233 Å². The van der Waals surface area contributed by atoms with E-state index in [0.717, 1.165) is 27.6 Å². The van der Waals surface area contributed by atoms with Crippen molar-refractivity contribution in [1.82, 2.24) is 4.98 Å². The van der Waals surface area contributed by atoms with Crippen molar-refractivity contribution in [2.75, 3.05) is 7.11 Å². The molecule has 0 spiro atoms. The second kappa shape index (κ2) is 12.6. The summed E-state index contributed by atoms with van der Waals surface area (Å²) in [4.78, 5) is 28.0. The third-order valence-corrected chi connectivity index (χ3v) is 6.50. The monoisotopic (exact) mass is 527 g/mol. The Hall–Kier alpha value is -5.16. The fourth-order valence-corrected chi connectivity index (χ4v) is 4.45. The third kappa shape index (κ3) is 6.63. The summed E-state index contributed by atoms with van der Waals surface area (Å²) in [6.07, 6.45) is 7.60. The number of fused-ring (bicyclic) bond motifs is 1. The van der Waals surface area contributed by atoms with E-state index in [1.165, 1.54) is 12.2 Å². The van der Waals surface area contributed by atoms with E-state index in [9.17, 15) is 9.59 Å². The van der Waals surface area contributed by atoms with Gasteiger partial charge in [-0.15, -0.1) is 0 Å². The van der Waals surface area contributed by atoms with Crippen LogP contribution in [-0.4, -0.2) is 23.7 Å². The highest BCUT2D eigenvalue weighted by Gasteiger charge is 2.16. The lowest BCUT2D eigenvalue weighted by Crippen LogP contribution is -2.09. The van der Waals surface area contributed by atoms with Gasteiger partial charge >= 0.3 is 0 Å². The van der Waals surface area contributed by atoms with Gasteiger partial charge in [0, 0.05) is 23.3 Å². The molecule has 1 aromatic heterocycles. The molecular weight excluding hydrogens is 498 g/mol. The summed E-state index contributed by atoms with van der Waals surface area (Å²) in [5.41, 5.74) is 4.66. The van der Waals surface area contributed by atoms with Gasteiger partial charge in [0.2, 0.25) is 0 Å². The van der Waals surface area contributed by atoms with Gasteiger partial charge < -0.3 is 14.5 Å². The van der Waals surface area contributed by atoms with Crippen LogP contribution in [0.15, 0.2) is 121 Å². The van der Waals surface area contributed by atoms with Gasteiger partial charge in [0.25, 0.3) is 0 Å². The van der Waals surface area contributed by atoms with Crippen LogP contribution in [0.25, 0.3) is 23.1 Å². The normalized spacial score (nSPS) is 11.4. The van der Waals surface area contributed by atoms with E-state index < -0.39 is 0 Å². The zero-order valence-corrected chi connectivity index (χ0v) is 22.1. The van der Waals surface area contributed by atoms with Gasteiger partial charge in [0.1, 0.15) is 17.6 Å². The molecule has 5 heteroatoms. The fraction of sp³-hybridized carbons (Fsp3) is 0.0857. The zero-order chi connectivity index (χ0) is 27.7. The minimum atomic E-state index is -0.293. The molecule has 0 unspecified atom stereocenters. The second-order valence-corrected chi connectivity index (χ2v) is 9.32. The summed E-state index contributed by atoms with van der Waals surface area (Å²) in [6.45, 7) is 0. The van der Waals surface area contributed by atoms with Gasteiger partial charge in [0.05, 0.1) is 13.5 Å². The Morgan fingerprint density at radius 3 is 2.12 bits per heavy atom. The first-order valence-electron chi connectivity index (χ1n) is 13.0. The van der Waals surface area contributed by atoms with Crippen molar-refractivity contribution in [2.24, 2.45) is 0 Å². The molecule has 0 aliphatic carbocycles. The number of benzene rings is 4. The molecule has 0 amide bonds. The van der Waals surface area contributed by atoms with Gasteiger partial charge in [-0.05, 0) is 64.6 Å². The summed E-state index contributed by atoms with van der Waals surface area (Å²) in [6, 6.07) is 33.4. The number of methoxy groups -OCH3 is 1. The molecule has 5 aromatic rings. The van der Waals surface area contributed by atoms with E-state index in [0.29, 0.717) is 17.1 Å². The molecule has 1 N–H and O–H groups in total.